The average Bonchev–Trinajstić information content (AvgIpc) is 2.76. The van der Waals surface area contributed by atoms with Crippen LogP contribution in [0.2, 0.25) is 0 Å². The second kappa shape index (κ2) is 19.6. The number of aryl methyl sites for hydroxylation is 1. The quantitative estimate of drug-likeness (QED) is 0.561. The van der Waals surface area contributed by atoms with Crippen LogP contribution in [0.15, 0.2) is 12.1 Å². The van der Waals surface area contributed by atoms with Gasteiger partial charge in [-0.05, 0) is 32.8 Å². The number of nitrogens with one attached hydrogen (secondary N) is 1. The zero-order valence-corrected chi connectivity index (χ0v) is 19.0. The Balaban J connectivity index is -0.000000389. The predicted molar refractivity (Wildman–Crippen MR) is 119 cm³/mol. The van der Waals surface area contributed by atoms with Gasteiger partial charge in [0.05, 0.1) is 25.5 Å². The standard InChI is InChI=1S/C9H11NO3.C8H17NO2.2C2H6.CH4/c1-6-7(9(11)13-3)4-5-8(10-6)12-2;1-6-3-4-7(5-9-6)8(10)11-2;2*1-2;/h4-5H,1-3H3;6-10H,3-5H2,1-2H3;2*1-2H3;1H4. The molecule has 0 bridgehead atoms. The van der Waals surface area contributed by atoms with Gasteiger partial charge in [0.2, 0.25) is 5.88 Å². The fraction of sp³-hybridized carbons (Fsp3) is 0.727. The number of pyridine rings is 1. The number of carbonyl (C=O) groups is 1. The van der Waals surface area contributed by atoms with Gasteiger partial charge in [-0.25, -0.2) is 9.78 Å². The number of carbonyl (C=O) groups excluding carboxylic acids is 1. The van der Waals surface area contributed by atoms with E-state index in [2.05, 4.69) is 22.0 Å². The van der Waals surface area contributed by atoms with Crippen molar-refractivity contribution in [1.82, 2.24) is 10.3 Å². The molecule has 7 nitrogen and oxygen atoms in total. The smallest absolute Gasteiger partial charge is 0.339 e. The SMILES string of the molecule is C.CC.CC.COC(=O)c1ccc(OC)nc1C.COC(O)C1CCC(C)NC1. The second-order valence-corrected chi connectivity index (χ2v) is 5.75. The average molecular weight is 417 g/mol. The summed E-state index contributed by atoms with van der Waals surface area (Å²) in [4.78, 5) is 15.2. The molecule has 3 atom stereocenters. The van der Waals surface area contributed by atoms with Crippen molar-refractivity contribution in [2.24, 2.45) is 5.92 Å². The molecule has 2 heterocycles. The van der Waals surface area contributed by atoms with E-state index in [0.717, 1.165) is 19.4 Å². The lowest BCUT2D eigenvalue weighted by molar-refractivity contribution is -0.118. The molecular weight excluding hydrogens is 372 g/mol. The Kier molecular flexibility index (Phi) is 21.6. The van der Waals surface area contributed by atoms with Crippen LogP contribution in [-0.2, 0) is 9.47 Å². The van der Waals surface area contributed by atoms with Crippen LogP contribution >= 0.6 is 0 Å². The fourth-order valence-electron chi connectivity index (χ4n) is 2.43. The first-order valence-corrected chi connectivity index (χ1v) is 9.97. The minimum Gasteiger partial charge on any atom is -0.481 e. The molecule has 0 saturated carbocycles. The first-order chi connectivity index (χ1) is 13.4. The molecule has 0 spiro atoms. The molecule has 2 rings (SSSR count). The van der Waals surface area contributed by atoms with Crippen molar-refractivity contribution < 1.29 is 24.1 Å². The zero-order chi connectivity index (χ0) is 22.1. The van der Waals surface area contributed by atoms with Gasteiger partial charge in [-0.15, -0.1) is 0 Å². The molecule has 0 radical (unpaired) electrons. The number of aliphatic hydroxyl groups excluding tert-OH is 1. The van der Waals surface area contributed by atoms with Gasteiger partial charge in [0.25, 0.3) is 0 Å². The largest absolute Gasteiger partial charge is 0.481 e. The van der Waals surface area contributed by atoms with Crippen molar-refractivity contribution in [2.45, 2.75) is 74.1 Å². The summed E-state index contributed by atoms with van der Waals surface area (Å²) < 4.78 is 14.3. The van der Waals surface area contributed by atoms with Crippen LogP contribution in [-0.4, -0.2) is 56.3 Å². The third-order valence-electron chi connectivity index (χ3n) is 4.02. The van der Waals surface area contributed by atoms with Gasteiger partial charge in [0.15, 0.2) is 6.29 Å². The topological polar surface area (TPSA) is 89.9 Å². The lowest BCUT2D eigenvalue weighted by Crippen LogP contribution is -2.42. The summed E-state index contributed by atoms with van der Waals surface area (Å²) in [6, 6.07) is 3.85. The number of esters is 1. The van der Waals surface area contributed by atoms with E-state index in [1.54, 1.807) is 26.2 Å². The van der Waals surface area contributed by atoms with Gasteiger partial charge in [-0.2, -0.15) is 0 Å². The van der Waals surface area contributed by atoms with Crippen LogP contribution in [0.3, 0.4) is 0 Å². The normalized spacial score (nSPS) is 18.0. The van der Waals surface area contributed by atoms with E-state index >= 15 is 0 Å². The van der Waals surface area contributed by atoms with Crippen molar-refractivity contribution in [3.8, 4) is 5.88 Å². The molecular formula is C22H44N2O5. The molecule has 7 heteroatoms. The van der Waals surface area contributed by atoms with Crippen molar-refractivity contribution in [2.75, 3.05) is 27.9 Å². The number of piperidine rings is 1. The molecule has 1 saturated heterocycles. The maximum absolute atomic E-state index is 11.1. The molecule has 1 aliphatic rings. The molecule has 1 aliphatic heterocycles. The number of hydrogen-bond donors (Lipinski definition) is 2. The number of hydrogen-bond acceptors (Lipinski definition) is 7. The number of aliphatic hydroxyl groups is 1. The van der Waals surface area contributed by atoms with Crippen LogP contribution in [0.1, 0.15) is 70.9 Å². The van der Waals surface area contributed by atoms with Crippen LogP contribution < -0.4 is 10.1 Å². The first-order valence-electron chi connectivity index (χ1n) is 9.97. The van der Waals surface area contributed by atoms with Crippen LogP contribution in [0, 0.1) is 12.8 Å². The lowest BCUT2D eigenvalue weighted by atomic mass is 9.95. The number of rotatable bonds is 4. The Morgan fingerprint density at radius 2 is 1.76 bits per heavy atom. The maximum atomic E-state index is 11.1. The molecule has 1 aromatic heterocycles. The molecule has 29 heavy (non-hydrogen) atoms. The summed E-state index contributed by atoms with van der Waals surface area (Å²) in [7, 11) is 4.41. The molecule has 0 aromatic carbocycles. The maximum Gasteiger partial charge on any atom is 0.339 e. The Morgan fingerprint density at radius 3 is 2.14 bits per heavy atom. The van der Waals surface area contributed by atoms with E-state index in [-0.39, 0.29) is 19.3 Å². The number of ether oxygens (including phenoxy) is 3. The van der Waals surface area contributed by atoms with Gasteiger partial charge >= 0.3 is 5.97 Å². The molecule has 0 aliphatic carbocycles. The van der Waals surface area contributed by atoms with Crippen molar-refractivity contribution in [1.29, 1.82) is 0 Å². The monoisotopic (exact) mass is 416 g/mol. The molecule has 0 amide bonds. The number of methoxy groups -OCH3 is 3. The summed E-state index contributed by atoms with van der Waals surface area (Å²) in [6.45, 7) is 12.8. The van der Waals surface area contributed by atoms with E-state index in [1.807, 2.05) is 27.7 Å². The summed E-state index contributed by atoms with van der Waals surface area (Å²) >= 11 is 0. The highest BCUT2D eigenvalue weighted by atomic mass is 16.6. The highest BCUT2D eigenvalue weighted by Crippen LogP contribution is 2.17. The van der Waals surface area contributed by atoms with Gasteiger partial charge < -0.3 is 24.6 Å². The highest BCUT2D eigenvalue weighted by Gasteiger charge is 2.23. The first kappa shape index (κ1) is 32.0. The Labute approximate surface area is 178 Å². The predicted octanol–water partition coefficient (Wildman–Crippen LogP) is 4.21. The Morgan fingerprint density at radius 1 is 1.17 bits per heavy atom. The van der Waals surface area contributed by atoms with Crippen LogP contribution in [0.5, 0.6) is 5.88 Å². The van der Waals surface area contributed by atoms with E-state index < -0.39 is 6.29 Å². The minimum absolute atomic E-state index is 0. The Bertz CT molecular complexity index is 518. The third kappa shape index (κ3) is 12.5. The highest BCUT2D eigenvalue weighted by molar-refractivity contribution is 5.90. The van der Waals surface area contributed by atoms with Gasteiger partial charge in [0, 0.05) is 31.7 Å². The van der Waals surface area contributed by atoms with E-state index in [0.29, 0.717) is 23.2 Å². The van der Waals surface area contributed by atoms with E-state index in [1.165, 1.54) is 14.2 Å². The van der Waals surface area contributed by atoms with Crippen molar-refractivity contribution >= 4 is 5.97 Å². The molecule has 1 fully saturated rings. The van der Waals surface area contributed by atoms with Crippen molar-refractivity contribution in [3.05, 3.63) is 23.4 Å². The summed E-state index contributed by atoms with van der Waals surface area (Å²) in [5.74, 6) is 0.383. The van der Waals surface area contributed by atoms with Gasteiger partial charge in [0.1, 0.15) is 0 Å². The lowest BCUT2D eigenvalue weighted by Gasteiger charge is -2.29. The van der Waals surface area contributed by atoms with E-state index in [9.17, 15) is 9.90 Å². The van der Waals surface area contributed by atoms with Gasteiger partial charge in [-0.3, -0.25) is 0 Å². The third-order valence-corrected chi connectivity index (χ3v) is 4.02. The van der Waals surface area contributed by atoms with E-state index in [4.69, 9.17) is 9.47 Å². The zero-order valence-electron chi connectivity index (χ0n) is 19.0. The number of aromatic nitrogens is 1. The summed E-state index contributed by atoms with van der Waals surface area (Å²) in [6.07, 6.45) is 1.60. The summed E-state index contributed by atoms with van der Waals surface area (Å²) in [5, 5.41) is 12.6. The van der Waals surface area contributed by atoms with Gasteiger partial charge in [-0.1, -0.05) is 35.1 Å². The summed E-state index contributed by atoms with van der Waals surface area (Å²) in [5.41, 5.74) is 1.06. The van der Waals surface area contributed by atoms with Crippen LogP contribution in [0.25, 0.3) is 0 Å². The minimum atomic E-state index is -0.588. The fourth-order valence-corrected chi connectivity index (χ4v) is 2.43. The molecule has 172 valence electrons. The Hall–Kier alpha value is -1.70. The van der Waals surface area contributed by atoms with Crippen molar-refractivity contribution in [3.63, 3.8) is 0 Å². The number of nitrogens with zero attached hydrogens (tertiary/aromatic N) is 1. The molecule has 1 aromatic rings. The molecule has 2 N–H and O–H groups in total. The van der Waals surface area contributed by atoms with Crippen LogP contribution in [0.4, 0.5) is 0 Å². The second-order valence-electron chi connectivity index (χ2n) is 5.75. The molecule has 3 unspecified atom stereocenters.